The van der Waals surface area contributed by atoms with Crippen LogP contribution in [0.3, 0.4) is 0 Å². The summed E-state index contributed by atoms with van der Waals surface area (Å²) in [6.07, 6.45) is 2.83. The quantitative estimate of drug-likeness (QED) is 0.456. The van der Waals surface area contributed by atoms with Crippen LogP contribution in [-0.4, -0.2) is 22.8 Å². The summed E-state index contributed by atoms with van der Waals surface area (Å²) in [6.45, 7) is 4.74. The van der Waals surface area contributed by atoms with Gasteiger partial charge in [0.05, 0.1) is 31.4 Å². The van der Waals surface area contributed by atoms with Crippen molar-refractivity contribution >= 4 is 16.8 Å². The van der Waals surface area contributed by atoms with Crippen LogP contribution >= 0.6 is 0 Å². The van der Waals surface area contributed by atoms with Gasteiger partial charge in [0.1, 0.15) is 5.75 Å². The zero-order valence-electron chi connectivity index (χ0n) is 18.1. The van der Waals surface area contributed by atoms with Gasteiger partial charge >= 0.3 is 0 Å². The van der Waals surface area contributed by atoms with Crippen molar-refractivity contribution in [1.29, 1.82) is 0 Å². The number of hydrogen-bond acceptors (Lipinski definition) is 3. The molecule has 0 aliphatic rings. The smallest absolute Gasteiger partial charge is 0.251 e. The van der Waals surface area contributed by atoms with Gasteiger partial charge in [-0.2, -0.15) is 5.10 Å². The van der Waals surface area contributed by atoms with Crippen LogP contribution in [0.15, 0.2) is 72.9 Å². The summed E-state index contributed by atoms with van der Waals surface area (Å²) in [5.41, 5.74) is 5.02. The van der Waals surface area contributed by atoms with Crippen molar-refractivity contribution in [3.8, 4) is 5.75 Å². The fourth-order valence-electron chi connectivity index (χ4n) is 3.69. The molecule has 0 aliphatic heterocycles. The second kappa shape index (κ2) is 9.04. The molecule has 31 heavy (non-hydrogen) atoms. The Labute approximate surface area is 182 Å². The number of aromatic nitrogens is 2. The van der Waals surface area contributed by atoms with Crippen molar-refractivity contribution in [3.05, 3.63) is 95.2 Å². The molecule has 0 aliphatic carbocycles. The number of fused-ring (bicyclic) bond motifs is 1. The molecule has 5 heteroatoms. The third-order valence-corrected chi connectivity index (χ3v) is 5.61. The first kappa shape index (κ1) is 20.7. The maximum absolute atomic E-state index is 12.9. The zero-order chi connectivity index (χ0) is 21.8. The number of nitrogens with one attached hydrogen (secondary N) is 1. The van der Waals surface area contributed by atoms with Crippen LogP contribution < -0.4 is 10.1 Å². The number of carbonyl (C=O) groups is 1. The van der Waals surface area contributed by atoms with Crippen LogP contribution in [0.5, 0.6) is 5.75 Å². The molecule has 1 atom stereocenters. The highest BCUT2D eigenvalue weighted by atomic mass is 16.5. The Balaban J connectivity index is 1.53. The van der Waals surface area contributed by atoms with E-state index in [4.69, 9.17) is 4.74 Å². The van der Waals surface area contributed by atoms with Crippen molar-refractivity contribution in [2.45, 2.75) is 32.9 Å². The number of nitrogens with zero attached hydrogens (tertiary/aromatic N) is 2. The molecule has 158 valence electrons. The number of ether oxygens (including phenoxy) is 1. The lowest BCUT2D eigenvalue weighted by atomic mass is 10.0. The van der Waals surface area contributed by atoms with Gasteiger partial charge in [-0.1, -0.05) is 49.4 Å². The Kier molecular flexibility index (Phi) is 6.03. The van der Waals surface area contributed by atoms with Gasteiger partial charge in [0, 0.05) is 10.9 Å². The average molecular weight is 414 g/mol. The molecule has 0 fully saturated rings. The number of benzene rings is 3. The predicted octanol–water partition coefficient (Wildman–Crippen LogP) is 5.15. The molecule has 0 bridgehead atoms. The standard InChI is InChI=1S/C26H27N3O2/c1-4-19-8-10-21(11-9-19)18(2)28-26(30)22-12-13-23-16-27-29(25(23)15-22)17-20-6-5-7-24(14-20)31-3/h5-16,18H,4,17H2,1-3H3,(H,28,30)/t18-/m0/s1. The molecule has 4 aromatic rings. The van der Waals surface area contributed by atoms with E-state index in [1.807, 2.05) is 60.3 Å². The second-order valence-corrected chi connectivity index (χ2v) is 7.72. The van der Waals surface area contributed by atoms with Crippen LogP contribution in [-0.2, 0) is 13.0 Å². The third-order valence-electron chi connectivity index (χ3n) is 5.61. The van der Waals surface area contributed by atoms with Gasteiger partial charge < -0.3 is 10.1 Å². The maximum atomic E-state index is 12.9. The topological polar surface area (TPSA) is 56.2 Å². The van der Waals surface area contributed by atoms with E-state index < -0.39 is 0 Å². The molecule has 5 nitrogen and oxygen atoms in total. The highest BCUT2D eigenvalue weighted by Crippen LogP contribution is 2.20. The van der Waals surface area contributed by atoms with Crippen molar-refractivity contribution < 1.29 is 9.53 Å². The minimum Gasteiger partial charge on any atom is -0.497 e. The Hall–Kier alpha value is -3.60. The van der Waals surface area contributed by atoms with E-state index in [-0.39, 0.29) is 11.9 Å². The lowest BCUT2D eigenvalue weighted by Crippen LogP contribution is -2.26. The molecule has 3 aromatic carbocycles. The second-order valence-electron chi connectivity index (χ2n) is 7.72. The van der Waals surface area contributed by atoms with Gasteiger partial charge in [-0.15, -0.1) is 0 Å². The van der Waals surface area contributed by atoms with Crippen LogP contribution in [0.2, 0.25) is 0 Å². The van der Waals surface area contributed by atoms with E-state index in [9.17, 15) is 4.79 Å². The lowest BCUT2D eigenvalue weighted by molar-refractivity contribution is 0.0940. The summed E-state index contributed by atoms with van der Waals surface area (Å²) in [6, 6.07) is 21.9. The summed E-state index contributed by atoms with van der Waals surface area (Å²) in [7, 11) is 1.66. The molecule has 0 saturated carbocycles. The fourth-order valence-corrected chi connectivity index (χ4v) is 3.69. The summed E-state index contributed by atoms with van der Waals surface area (Å²) in [4.78, 5) is 12.9. The largest absolute Gasteiger partial charge is 0.497 e. The van der Waals surface area contributed by atoms with Crippen LogP contribution in [0.1, 0.15) is 46.9 Å². The van der Waals surface area contributed by atoms with Crippen LogP contribution in [0.25, 0.3) is 10.9 Å². The summed E-state index contributed by atoms with van der Waals surface area (Å²) < 4.78 is 7.23. The van der Waals surface area contributed by atoms with Crippen molar-refractivity contribution in [3.63, 3.8) is 0 Å². The van der Waals surface area contributed by atoms with Crippen molar-refractivity contribution in [1.82, 2.24) is 15.1 Å². The van der Waals surface area contributed by atoms with Gasteiger partial charge in [0.15, 0.2) is 0 Å². The first-order chi connectivity index (χ1) is 15.1. The van der Waals surface area contributed by atoms with Crippen molar-refractivity contribution in [2.75, 3.05) is 7.11 Å². The van der Waals surface area contributed by atoms with Gasteiger partial charge in [-0.05, 0) is 54.3 Å². The van der Waals surface area contributed by atoms with Gasteiger partial charge in [-0.3, -0.25) is 9.48 Å². The third kappa shape index (κ3) is 4.61. The molecule has 4 rings (SSSR count). The number of rotatable bonds is 7. The summed E-state index contributed by atoms with van der Waals surface area (Å²) >= 11 is 0. The molecule has 0 saturated heterocycles. The number of carbonyl (C=O) groups excluding carboxylic acids is 1. The highest BCUT2D eigenvalue weighted by Gasteiger charge is 2.14. The monoisotopic (exact) mass is 413 g/mol. The van der Waals surface area contributed by atoms with E-state index in [0.717, 1.165) is 34.2 Å². The molecule has 1 N–H and O–H groups in total. The Morgan fingerprint density at radius 2 is 1.87 bits per heavy atom. The van der Waals surface area contributed by atoms with Gasteiger partial charge in [0.2, 0.25) is 0 Å². The van der Waals surface area contributed by atoms with E-state index >= 15 is 0 Å². The predicted molar refractivity (Wildman–Crippen MR) is 124 cm³/mol. The highest BCUT2D eigenvalue weighted by molar-refractivity contribution is 5.98. The maximum Gasteiger partial charge on any atom is 0.251 e. The molecular weight excluding hydrogens is 386 g/mol. The molecular formula is C26H27N3O2. The number of amides is 1. The first-order valence-corrected chi connectivity index (χ1v) is 10.6. The summed E-state index contributed by atoms with van der Waals surface area (Å²) in [5, 5.41) is 8.62. The van der Waals surface area contributed by atoms with Gasteiger partial charge in [0.25, 0.3) is 5.91 Å². The van der Waals surface area contributed by atoms with E-state index in [0.29, 0.717) is 12.1 Å². The number of methoxy groups -OCH3 is 1. The SMILES string of the molecule is CCc1ccc([C@H](C)NC(=O)c2ccc3cnn(Cc4cccc(OC)c4)c3c2)cc1. The minimum absolute atomic E-state index is 0.0733. The fraction of sp³-hybridized carbons (Fsp3) is 0.231. The van der Waals surface area contributed by atoms with Crippen LogP contribution in [0, 0.1) is 0 Å². The molecule has 1 amide bonds. The zero-order valence-corrected chi connectivity index (χ0v) is 18.1. The Bertz CT molecular complexity index is 1190. The Morgan fingerprint density at radius 3 is 2.61 bits per heavy atom. The van der Waals surface area contributed by atoms with Crippen LogP contribution in [0.4, 0.5) is 0 Å². The number of aryl methyl sites for hydroxylation is 1. The minimum atomic E-state index is -0.0944. The normalized spacial score (nSPS) is 12.0. The average Bonchev–Trinajstić information content (AvgIpc) is 3.21. The molecule has 0 spiro atoms. The molecule has 1 heterocycles. The summed E-state index contributed by atoms with van der Waals surface area (Å²) in [5.74, 6) is 0.720. The molecule has 0 radical (unpaired) electrons. The first-order valence-electron chi connectivity index (χ1n) is 10.6. The number of hydrogen-bond donors (Lipinski definition) is 1. The molecule has 1 aromatic heterocycles. The van der Waals surface area contributed by atoms with E-state index in [1.54, 1.807) is 7.11 Å². The van der Waals surface area contributed by atoms with E-state index in [2.05, 4.69) is 41.6 Å². The Morgan fingerprint density at radius 1 is 1.06 bits per heavy atom. The molecule has 0 unspecified atom stereocenters. The van der Waals surface area contributed by atoms with Crippen molar-refractivity contribution in [2.24, 2.45) is 0 Å². The van der Waals surface area contributed by atoms with Gasteiger partial charge in [-0.25, -0.2) is 0 Å². The lowest BCUT2D eigenvalue weighted by Gasteiger charge is -2.15. The van der Waals surface area contributed by atoms with E-state index in [1.165, 1.54) is 5.56 Å².